The first-order chi connectivity index (χ1) is 25.0. The van der Waals surface area contributed by atoms with Gasteiger partial charge < -0.3 is 0 Å². The monoisotopic (exact) mass is 885 g/mol. The van der Waals surface area contributed by atoms with Gasteiger partial charge in [-0.1, -0.05) is 0 Å². The van der Waals surface area contributed by atoms with Crippen LogP contribution in [0.2, 0.25) is 0 Å². The first kappa shape index (κ1) is 35.3. The molecule has 9 heteroatoms. The molecule has 0 amide bonds. The van der Waals surface area contributed by atoms with Gasteiger partial charge in [-0.15, -0.1) is 0 Å². The number of fused-ring (bicyclic) bond motifs is 2. The second-order valence-corrected chi connectivity index (χ2v) is 17.4. The molecule has 1 aromatic heterocycles. The van der Waals surface area contributed by atoms with Gasteiger partial charge in [0.25, 0.3) is 0 Å². The van der Waals surface area contributed by atoms with Crippen LogP contribution in [-0.2, 0) is 40.6 Å². The fraction of sp³-hybridized carbons (Fsp3) is 0.214. The van der Waals surface area contributed by atoms with Crippen LogP contribution in [0, 0.1) is 10.3 Å². The summed E-state index contributed by atoms with van der Waals surface area (Å²) in [5.41, 5.74) is 8.60. The van der Waals surface area contributed by atoms with Crippen molar-refractivity contribution in [3.05, 3.63) is 137 Å². The van der Waals surface area contributed by atoms with Gasteiger partial charge in [0.05, 0.1) is 0 Å². The van der Waals surface area contributed by atoms with E-state index in [2.05, 4.69) is 134 Å². The molecule has 1 fully saturated rings. The minimum atomic E-state index is -2.60. The van der Waals surface area contributed by atoms with Gasteiger partial charge >= 0.3 is 316 Å². The van der Waals surface area contributed by atoms with Crippen LogP contribution in [-0.4, -0.2) is 28.2 Å². The summed E-state index contributed by atoms with van der Waals surface area (Å²) in [5, 5.41) is 15.3. The Balaban J connectivity index is 1.73. The van der Waals surface area contributed by atoms with Crippen molar-refractivity contribution >= 4 is 68.6 Å². The number of hydrogen-bond acceptors (Lipinski definition) is 5. The van der Waals surface area contributed by atoms with Gasteiger partial charge in [0.15, 0.2) is 0 Å². The van der Waals surface area contributed by atoms with E-state index < -0.39 is 7.26 Å². The topological polar surface area (TPSA) is 64.7 Å². The zero-order valence-electron chi connectivity index (χ0n) is 29.2. The molecule has 0 N–H and O–H groups in total. The number of nitrogens with zero attached hydrogens (tertiary/aromatic N) is 5. The fourth-order valence-electron chi connectivity index (χ4n) is 6.98. The normalized spacial score (nSPS) is 16.3. The number of allylic oxidation sites excluding steroid dienone is 5. The molecule has 0 saturated carbocycles. The Hall–Kier alpha value is -4.13. The third-order valence-corrected chi connectivity index (χ3v) is 15.0. The van der Waals surface area contributed by atoms with Crippen LogP contribution in [0.5, 0.6) is 0 Å². The molecule has 5 aromatic rings. The van der Waals surface area contributed by atoms with Gasteiger partial charge in [-0.2, -0.15) is 0 Å². The number of aromatic nitrogens is 3. The fourth-order valence-corrected chi connectivity index (χ4v) is 13.3. The van der Waals surface area contributed by atoms with Gasteiger partial charge in [-0.05, 0) is 0 Å². The van der Waals surface area contributed by atoms with Crippen molar-refractivity contribution in [1.29, 1.82) is 0 Å². The van der Waals surface area contributed by atoms with Gasteiger partial charge in [0, 0.05) is 0 Å². The molecule has 2 aliphatic heterocycles. The van der Waals surface area contributed by atoms with E-state index in [9.17, 15) is 0 Å². The van der Waals surface area contributed by atoms with Crippen molar-refractivity contribution in [3.63, 3.8) is 0 Å². The van der Waals surface area contributed by atoms with E-state index in [4.69, 9.17) is 23.7 Å². The molecular formula is C42H40N5OOsPS+. The summed E-state index contributed by atoms with van der Waals surface area (Å²) in [7, 11) is -2.60. The molecule has 0 atom stereocenters. The molecular weight excluding hydrogens is 844 g/mol. The Morgan fingerprint density at radius 3 is 1.98 bits per heavy atom. The van der Waals surface area contributed by atoms with Crippen molar-refractivity contribution in [1.82, 2.24) is 15.0 Å². The Labute approximate surface area is 314 Å². The van der Waals surface area contributed by atoms with Crippen LogP contribution in [0.4, 0.5) is 11.4 Å². The second-order valence-electron chi connectivity index (χ2n) is 12.9. The molecule has 6 nitrogen and oxygen atoms in total. The minimum absolute atomic E-state index is 0.369. The van der Waals surface area contributed by atoms with Gasteiger partial charge in [-0.25, -0.2) is 0 Å². The molecule has 0 unspecified atom stereocenters. The first-order valence-corrected chi connectivity index (χ1v) is 21.1. The third-order valence-electron chi connectivity index (χ3n) is 9.06. The SMILES string of the molecule is C/C=C/c1c2c(c(C(C=C3COCC3=CCC)=C([C]#[Os])[P+](c3ccccc3)(c3ccccc3)c3ccccc3)c3nn(CC(C)C)nc13)N=S=N2. The predicted octanol–water partition coefficient (Wildman–Crippen LogP) is 9.35. The van der Waals surface area contributed by atoms with Gasteiger partial charge in [0.1, 0.15) is 0 Å². The maximum absolute atomic E-state index is 6.13. The molecule has 0 bridgehead atoms. The summed E-state index contributed by atoms with van der Waals surface area (Å²) in [6.07, 6.45) is 9.70. The Bertz CT molecular complexity index is 2230. The number of hydrogen-bond donors (Lipinski definition) is 0. The van der Waals surface area contributed by atoms with Crippen molar-refractivity contribution in [2.24, 2.45) is 14.6 Å². The quantitative estimate of drug-likeness (QED) is 0.129. The van der Waals surface area contributed by atoms with E-state index >= 15 is 0 Å². The van der Waals surface area contributed by atoms with E-state index in [1.54, 1.807) is 17.9 Å². The molecule has 0 spiro atoms. The van der Waals surface area contributed by atoms with Crippen LogP contribution in [0.1, 0.15) is 45.2 Å². The molecule has 257 valence electrons. The standard InChI is InChI=1S/C42H40N5OPS.Os/c1-6-17-31-27-48-28-32(31)25-37(38-41-39(43-47(44-41)26-29(3)4)36(18-7-2)40-42(38)46-50-45-40)30(5)49(33-19-11-8-12-20-33,34-21-13-9-14-22-34)35-23-15-10-16-24-35;/h7-25,29H,6,26-28H2,1-4H3;/q+1;/b18-7+,31-17?,32-25?,37-30?;. The summed E-state index contributed by atoms with van der Waals surface area (Å²) < 4.78 is 20.0. The molecule has 4 aromatic carbocycles. The van der Waals surface area contributed by atoms with Crippen LogP contribution in [0.25, 0.3) is 22.7 Å². The first-order valence-electron chi connectivity index (χ1n) is 17.3. The van der Waals surface area contributed by atoms with Crippen LogP contribution in [0.15, 0.2) is 134 Å². The van der Waals surface area contributed by atoms with Crippen LogP contribution >= 0.6 is 7.26 Å². The summed E-state index contributed by atoms with van der Waals surface area (Å²) in [4.78, 5) is 1.86. The molecule has 7 rings (SSSR count). The van der Waals surface area contributed by atoms with E-state index in [0.717, 1.165) is 56.4 Å². The molecule has 0 aliphatic carbocycles. The van der Waals surface area contributed by atoms with E-state index in [0.29, 0.717) is 25.7 Å². The van der Waals surface area contributed by atoms with Gasteiger partial charge in [0.2, 0.25) is 0 Å². The van der Waals surface area contributed by atoms with Crippen molar-refractivity contribution in [3.8, 4) is 4.37 Å². The average molecular weight is 884 g/mol. The predicted molar refractivity (Wildman–Crippen MR) is 212 cm³/mol. The maximum atomic E-state index is 6.13. The number of benzene rings is 4. The average Bonchev–Trinajstić information content (AvgIpc) is 3.92. The zero-order valence-corrected chi connectivity index (χ0v) is 33.5. The summed E-state index contributed by atoms with van der Waals surface area (Å²) in [6, 6.07) is 32.9. The molecule has 51 heavy (non-hydrogen) atoms. The van der Waals surface area contributed by atoms with Crippen molar-refractivity contribution in [2.45, 2.75) is 40.7 Å². The Morgan fingerprint density at radius 2 is 1.43 bits per heavy atom. The summed E-state index contributed by atoms with van der Waals surface area (Å²) in [5.74, 6) is 0.369. The number of rotatable bonds is 10. The van der Waals surface area contributed by atoms with E-state index in [1.807, 2.05) is 17.8 Å². The molecule has 0 radical (unpaired) electrons. The Kier molecular flexibility index (Phi) is 10.8. The third kappa shape index (κ3) is 6.57. The van der Waals surface area contributed by atoms with Crippen LogP contribution < -0.4 is 15.9 Å². The van der Waals surface area contributed by atoms with Crippen molar-refractivity contribution < 1.29 is 22.7 Å². The molecule has 3 heterocycles. The Morgan fingerprint density at radius 1 is 0.863 bits per heavy atom. The summed E-state index contributed by atoms with van der Waals surface area (Å²) >= 11 is 3.02. The van der Waals surface area contributed by atoms with E-state index in [-0.39, 0.29) is 0 Å². The van der Waals surface area contributed by atoms with Crippen molar-refractivity contribution in [2.75, 3.05) is 13.2 Å². The second kappa shape index (κ2) is 15.6. The van der Waals surface area contributed by atoms with E-state index in [1.165, 1.54) is 32.8 Å². The molecule has 1 saturated heterocycles. The summed E-state index contributed by atoms with van der Waals surface area (Å²) in [6.45, 7) is 10.4. The van der Waals surface area contributed by atoms with Gasteiger partial charge in [-0.3, -0.25) is 0 Å². The molecule has 2 aliphatic rings. The number of ether oxygens (including phenoxy) is 1. The van der Waals surface area contributed by atoms with Crippen LogP contribution in [0.3, 0.4) is 0 Å². The zero-order chi connectivity index (χ0) is 35.4.